The normalized spacial score (nSPS) is 13.6. The summed E-state index contributed by atoms with van der Waals surface area (Å²) in [5.74, 6) is 0.371. The SMILES string of the molecule is CCC(CO)CNCC(C)(C)c1ccc(C)c(C)c1. The molecule has 0 saturated carbocycles. The summed E-state index contributed by atoms with van der Waals surface area (Å²) in [7, 11) is 0. The average molecular weight is 263 g/mol. The summed E-state index contributed by atoms with van der Waals surface area (Å²) in [6, 6.07) is 6.72. The zero-order valence-corrected chi connectivity index (χ0v) is 13.1. The lowest BCUT2D eigenvalue weighted by atomic mass is 9.83. The number of rotatable bonds is 7. The molecule has 108 valence electrons. The van der Waals surface area contributed by atoms with Crippen LogP contribution in [0.5, 0.6) is 0 Å². The molecule has 1 rings (SSSR count). The lowest BCUT2D eigenvalue weighted by Gasteiger charge is -2.27. The van der Waals surface area contributed by atoms with E-state index in [1.165, 1.54) is 16.7 Å². The molecule has 0 aliphatic heterocycles. The van der Waals surface area contributed by atoms with Crippen molar-refractivity contribution in [2.75, 3.05) is 19.7 Å². The van der Waals surface area contributed by atoms with Gasteiger partial charge in [-0.15, -0.1) is 0 Å². The molecule has 0 bridgehead atoms. The first-order chi connectivity index (χ1) is 8.90. The highest BCUT2D eigenvalue weighted by atomic mass is 16.3. The Labute approximate surface area is 118 Å². The van der Waals surface area contributed by atoms with Crippen LogP contribution in [0.2, 0.25) is 0 Å². The van der Waals surface area contributed by atoms with Crippen molar-refractivity contribution in [2.45, 2.75) is 46.5 Å². The van der Waals surface area contributed by atoms with Crippen LogP contribution in [0.1, 0.15) is 43.9 Å². The first kappa shape index (κ1) is 16.2. The molecule has 19 heavy (non-hydrogen) atoms. The molecule has 1 aromatic carbocycles. The lowest BCUT2D eigenvalue weighted by Crippen LogP contribution is -2.36. The summed E-state index contributed by atoms with van der Waals surface area (Å²) in [4.78, 5) is 0. The number of aliphatic hydroxyl groups excluding tert-OH is 1. The predicted molar refractivity (Wildman–Crippen MR) is 82.7 cm³/mol. The Morgan fingerprint density at radius 1 is 1.21 bits per heavy atom. The van der Waals surface area contributed by atoms with E-state index >= 15 is 0 Å². The first-order valence-corrected chi connectivity index (χ1v) is 7.30. The summed E-state index contributed by atoms with van der Waals surface area (Å²) in [6.07, 6.45) is 1.02. The summed E-state index contributed by atoms with van der Waals surface area (Å²) in [5.41, 5.74) is 4.19. The standard InChI is InChI=1S/C17H29NO/c1-6-15(11-19)10-18-12-17(4,5)16-8-7-13(2)14(3)9-16/h7-9,15,18-19H,6,10-12H2,1-5H3. The molecular weight excluding hydrogens is 234 g/mol. The van der Waals surface area contributed by atoms with E-state index in [4.69, 9.17) is 0 Å². The van der Waals surface area contributed by atoms with Crippen LogP contribution >= 0.6 is 0 Å². The van der Waals surface area contributed by atoms with E-state index in [-0.39, 0.29) is 12.0 Å². The van der Waals surface area contributed by atoms with Crippen LogP contribution in [0, 0.1) is 19.8 Å². The second kappa shape index (κ2) is 7.06. The van der Waals surface area contributed by atoms with Crippen molar-refractivity contribution in [1.29, 1.82) is 0 Å². The minimum Gasteiger partial charge on any atom is -0.396 e. The second-order valence-electron chi connectivity index (χ2n) is 6.27. The Kier molecular flexibility index (Phi) is 6.02. The van der Waals surface area contributed by atoms with E-state index in [0.29, 0.717) is 5.92 Å². The van der Waals surface area contributed by atoms with Gasteiger partial charge in [-0.25, -0.2) is 0 Å². The molecule has 0 aliphatic rings. The fraction of sp³-hybridized carbons (Fsp3) is 0.647. The number of benzene rings is 1. The third kappa shape index (κ3) is 4.63. The van der Waals surface area contributed by atoms with Gasteiger partial charge in [0.15, 0.2) is 0 Å². The van der Waals surface area contributed by atoms with E-state index in [1.807, 2.05) is 0 Å². The highest BCUT2D eigenvalue weighted by Crippen LogP contribution is 2.24. The topological polar surface area (TPSA) is 32.3 Å². The van der Waals surface area contributed by atoms with Crippen molar-refractivity contribution in [2.24, 2.45) is 5.92 Å². The van der Waals surface area contributed by atoms with Crippen molar-refractivity contribution < 1.29 is 5.11 Å². The van der Waals surface area contributed by atoms with Crippen molar-refractivity contribution in [1.82, 2.24) is 5.32 Å². The van der Waals surface area contributed by atoms with E-state index in [0.717, 1.165) is 19.5 Å². The van der Waals surface area contributed by atoms with Crippen LogP contribution in [-0.4, -0.2) is 24.8 Å². The molecule has 0 fully saturated rings. The quantitative estimate of drug-likeness (QED) is 0.792. The van der Waals surface area contributed by atoms with Gasteiger partial charge in [0, 0.05) is 25.1 Å². The van der Waals surface area contributed by atoms with Crippen molar-refractivity contribution in [3.63, 3.8) is 0 Å². The molecule has 0 amide bonds. The molecular formula is C17H29NO. The minimum absolute atomic E-state index is 0.117. The van der Waals surface area contributed by atoms with Gasteiger partial charge < -0.3 is 10.4 Å². The number of nitrogens with one attached hydrogen (secondary N) is 1. The molecule has 0 saturated heterocycles. The van der Waals surface area contributed by atoms with E-state index in [2.05, 4.69) is 58.1 Å². The molecule has 2 nitrogen and oxygen atoms in total. The Hall–Kier alpha value is -0.860. The van der Waals surface area contributed by atoms with Gasteiger partial charge in [0.05, 0.1) is 0 Å². The maximum absolute atomic E-state index is 9.20. The molecule has 1 unspecified atom stereocenters. The maximum atomic E-state index is 9.20. The summed E-state index contributed by atoms with van der Waals surface area (Å²) in [5, 5.41) is 12.7. The molecule has 0 spiro atoms. The monoisotopic (exact) mass is 263 g/mol. The Morgan fingerprint density at radius 2 is 1.89 bits per heavy atom. The van der Waals surface area contributed by atoms with Crippen LogP contribution < -0.4 is 5.32 Å². The van der Waals surface area contributed by atoms with Gasteiger partial charge in [-0.1, -0.05) is 39.0 Å². The molecule has 0 radical (unpaired) electrons. The van der Waals surface area contributed by atoms with Gasteiger partial charge in [-0.05, 0) is 42.9 Å². The summed E-state index contributed by atoms with van der Waals surface area (Å²) < 4.78 is 0. The number of aliphatic hydroxyl groups is 1. The largest absolute Gasteiger partial charge is 0.396 e. The van der Waals surface area contributed by atoms with Gasteiger partial charge >= 0.3 is 0 Å². The van der Waals surface area contributed by atoms with Crippen molar-refractivity contribution in [3.05, 3.63) is 34.9 Å². The number of hydrogen-bond donors (Lipinski definition) is 2. The third-order valence-corrected chi connectivity index (χ3v) is 4.12. The third-order valence-electron chi connectivity index (χ3n) is 4.12. The van der Waals surface area contributed by atoms with Gasteiger partial charge in [0.2, 0.25) is 0 Å². The zero-order chi connectivity index (χ0) is 14.5. The average Bonchev–Trinajstić information content (AvgIpc) is 2.37. The number of aryl methyl sites for hydroxylation is 2. The van der Waals surface area contributed by atoms with Crippen LogP contribution in [0.25, 0.3) is 0 Å². The summed E-state index contributed by atoms with van der Waals surface area (Å²) >= 11 is 0. The van der Waals surface area contributed by atoms with Gasteiger partial charge in [0.1, 0.15) is 0 Å². The van der Waals surface area contributed by atoms with Crippen LogP contribution in [0.15, 0.2) is 18.2 Å². The smallest absolute Gasteiger partial charge is 0.0471 e. The molecule has 2 heteroatoms. The van der Waals surface area contributed by atoms with E-state index in [1.54, 1.807) is 0 Å². The fourth-order valence-electron chi connectivity index (χ4n) is 2.19. The molecule has 0 aliphatic carbocycles. The molecule has 2 N–H and O–H groups in total. The zero-order valence-electron chi connectivity index (χ0n) is 13.1. The van der Waals surface area contributed by atoms with Gasteiger partial charge in [-0.3, -0.25) is 0 Å². The summed E-state index contributed by atoms with van der Waals surface area (Å²) in [6.45, 7) is 13.1. The predicted octanol–water partition coefficient (Wildman–Crippen LogP) is 3.19. The molecule has 1 aromatic rings. The first-order valence-electron chi connectivity index (χ1n) is 7.30. The van der Waals surface area contributed by atoms with Crippen LogP contribution in [-0.2, 0) is 5.41 Å². The van der Waals surface area contributed by atoms with Gasteiger partial charge in [0.25, 0.3) is 0 Å². The Bertz CT molecular complexity index is 394. The fourth-order valence-corrected chi connectivity index (χ4v) is 2.19. The second-order valence-corrected chi connectivity index (χ2v) is 6.27. The highest BCUT2D eigenvalue weighted by Gasteiger charge is 2.20. The lowest BCUT2D eigenvalue weighted by molar-refractivity contribution is 0.216. The van der Waals surface area contributed by atoms with Crippen molar-refractivity contribution in [3.8, 4) is 0 Å². The van der Waals surface area contributed by atoms with Crippen LogP contribution in [0.3, 0.4) is 0 Å². The molecule has 0 aromatic heterocycles. The van der Waals surface area contributed by atoms with Crippen molar-refractivity contribution >= 4 is 0 Å². The minimum atomic E-state index is 0.117. The molecule has 0 heterocycles. The Morgan fingerprint density at radius 3 is 2.42 bits per heavy atom. The number of hydrogen-bond acceptors (Lipinski definition) is 2. The van der Waals surface area contributed by atoms with Crippen LogP contribution in [0.4, 0.5) is 0 Å². The van der Waals surface area contributed by atoms with E-state index < -0.39 is 0 Å². The van der Waals surface area contributed by atoms with Gasteiger partial charge in [-0.2, -0.15) is 0 Å². The van der Waals surface area contributed by atoms with E-state index in [9.17, 15) is 5.11 Å². The Balaban J connectivity index is 2.62. The molecule has 1 atom stereocenters. The maximum Gasteiger partial charge on any atom is 0.0471 e. The highest BCUT2D eigenvalue weighted by molar-refractivity contribution is 5.34.